The normalized spacial score (nSPS) is 18.8. The van der Waals surface area contributed by atoms with Gasteiger partial charge < -0.3 is 9.64 Å². The molecular weight excluding hydrogens is 416 g/mol. The van der Waals surface area contributed by atoms with Gasteiger partial charge in [0.1, 0.15) is 4.21 Å². The molecular formula is C14H15BrN4O3S2. The van der Waals surface area contributed by atoms with Crippen LogP contribution in [0.2, 0.25) is 0 Å². The molecule has 1 saturated heterocycles. The lowest BCUT2D eigenvalue weighted by Crippen LogP contribution is -2.37. The average Bonchev–Trinajstić information content (AvgIpc) is 3.21. The number of thiophene rings is 1. The maximum Gasteiger partial charge on any atom is 0.253 e. The number of nitrogens with zero attached hydrogens (tertiary/aromatic N) is 4. The zero-order valence-electron chi connectivity index (χ0n) is 12.7. The van der Waals surface area contributed by atoms with Gasteiger partial charge in [-0.15, -0.1) is 11.3 Å². The molecule has 2 aromatic rings. The smallest absolute Gasteiger partial charge is 0.253 e. The molecule has 0 saturated carbocycles. The highest BCUT2D eigenvalue weighted by molar-refractivity contribution is 9.11. The van der Waals surface area contributed by atoms with Gasteiger partial charge in [0.15, 0.2) is 0 Å². The van der Waals surface area contributed by atoms with Gasteiger partial charge in [0.25, 0.3) is 10.0 Å². The summed E-state index contributed by atoms with van der Waals surface area (Å²) in [6.45, 7) is 3.43. The number of rotatable bonds is 3. The summed E-state index contributed by atoms with van der Waals surface area (Å²) >= 11 is 4.53. The number of ether oxygens (including phenoxy) is 1. The molecule has 24 heavy (non-hydrogen) atoms. The quantitative estimate of drug-likeness (QED) is 0.739. The Labute approximate surface area is 152 Å². The molecule has 2 aromatic heterocycles. The van der Waals surface area contributed by atoms with Crippen LogP contribution in [0.15, 0.2) is 26.3 Å². The molecule has 2 aliphatic rings. The Kier molecular flexibility index (Phi) is 4.33. The Morgan fingerprint density at radius 2 is 2.00 bits per heavy atom. The van der Waals surface area contributed by atoms with Crippen LogP contribution in [0.25, 0.3) is 0 Å². The average molecular weight is 431 g/mol. The summed E-state index contributed by atoms with van der Waals surface area (Å²) < 4.78 is 33.4. The predicted octanol–water partition coefficient (Wildman–Crippen LogP) is 1.84. The first-order valence-electron chi connectivity index (χ1n) is 7.47. The highest BCUT2D eigenvalue weighted by Crippen LogP contribution is 2.33. The minimum absolute atomic E-state index is 0.285. The molecule has 0 atom stereocenters. The monoisotopic (exact) mass is 430 g/mol. The number of hydrogen-bond acceptors (Lipinski definition) is 7. The lowest BCUT2D eigenvalue weighted by atomic mass is 10.3. The van der Waals surface area contributed by atoms with Crippen molar-refractivity contribution in [2.24, 2.45) is 0 Å². The first kappa shape index (κ1) is 16.4. The molecule has 2 aliphatic heterocycles. The number of aromatic nitrogens is 2. The Morgan fingerprint density at radius 3 is 2.71 bits per heavy atom. The van der Waals surface area contributed by atoms with E-state index in [1.165, 1.54) is 15.6 Å². The zero-order chi connectivity index (χ0) is 16.7. The Bertz CT molecular complexity index is 865. The maximum atomic E-state index is 12.7. The van der Waals surface area contributed by atoms with Gasteiger partial charge in [-0.1, -0.05) is 0 Å². The van der Waals surface area contributed by atoms with Crippen molar-refractivity contribution in [2.75, 3.05) is 31.2 Å². The van der Waals surface area contributed by atoms with Crippen LogP contribution in [-0.2, 0) is 27.8 Å². The molecule has 128 valence electrons. The summed E-state index contributed by atoms with van der Waals surface area (Å²) in [6, 6.07) is 3.37. The van der Waals surface area contributed by atoms with Gasteiger partial charge >= 0.3 is 0 Å². The van der Waals surface area contributed by atoms with Gasteiger partial charge in [-0.2, -0.15) is 4.31 Å². The standard InChI is InChI=1S/C14H15BrN4O3S2/c15-12-1-2-13(23-12)24(20,21)19-8-10-7-16-14(17-11(10)9-19)18-3-5-22-6-4-18/h1-2,7H,3-6,8-9H2. The van der Waals surface area contributed by atoms with E-state index in [-0.39, 0.29) is 6.54 Å². The summed E-state index contributed by atoms with van der Waals surface area (Å²) in [5, 5.41) is 0. The van der Waals surface area contributed by atoms with E-state index in [9.17, 15) is 8.42 Å². The van der Waals surface area contributed by atoms with Crippen LogP contribution in [0, 0.1) is 0 Å². The third kappa shape index (κ3) is 2.97. The summed E-state index contributed by atoms with van der Waals surface area (Å²) in [7, 11) is -3.50. The molecule has 7 nitrogen and oxygen atoms in total. The fraction of sp³-hybridized carbons (Fsp3) is 0.429. The highest BCUT2D eigenvalue weighted by atomic mass is 79.9. The molecule has 0 spiro atoms. The minimum atomic E-state index is -3.50. The van der Waals surface area contributed by atoms with Crippen molar-refractivity contribution in [3.05, 3.63) is 33.4 Å². The number of morpholine rings is 1. The molecule has 4 rings (SSSR count). The largest absolute Gasteiger partial charge is 0.378 e. The molecule has 0 amide bonds. The second kappa shape index (κ2) is 6.34. The zero-order valence-corrected chi connectivity index (χ0v) is 15.9. The number of anilines is 1. The first-order chi connectivity index (χ1) is 11.5. The van der Waals surface area contributed by atoms with E-state index in [1.807, 2.05) is 0 Å². The third-order valence-electron chi connectivity index (χ3n) is 4.05. The lowest BCUT2D eigenvalue weighted by Gasteiger charge is -2.26. The fourth-order valence-electron chi connectivity index (χ4n) is 2.76. The van der Waals surface area contributed by atoms with Crippen molar-refractivity contribution in [1.29, 1.82) is 0 Å². The van der Waals surface area contributed by atoms with Crippen LogP contribution in [0.5, 0.6) is 0 Å². The van der Waals surface area contributed by atoms with Gasteiger partial charge in [0, 0.05) is 31.4 Å². The molecule has 0 aliphatic carbocycles. The van der Waals surface area contributed by atoms with Gasteiger partial charge in [0.05, 0.1) is 29.2 Å². The number of halogens is 1. The van der Waals surface area contributed by atoms with Crippen molar-refractivity contribution < 1.29 is 13.2 Å². The topological polar surface area (TPSA) is 75.6 Å². The molecule has 0 unspecified atom stereocenters. The van der Waals surface area contributed by atoms with Gasteiger partial charge in [-0.3, -0.25) is 0 Å². The van der Waals surface area contributed by atoms with Crippen LogP contribution < -0.4 is 4.90 Å². The van der Waals surface area contributed by atoms with Crippen LogP contribution >= 0.6 is 27.3 Å². The Morgan fingerprint density at radius 1 is 1.21 bits per heavy atom. The van der Waals surface area contributed by atoms with Crippen molar-refractivity contribution in [1.82, 2.24) is 14.3 Å². The number of sulfonamides is 1. The van der Waals surface area contributed by atoms with E-state index in [2.05, 4.69) is 30.8 Å². The highest BCUT2D eigenvalue weighted by Gasteiger charge is 2.33. The first-order valence-corrected chi connectivity index (χ1v) is 10.5. The molecule has 10 heteroatoms. The lowest BCUT2D eigenvalue weighted by molar-refractivity contribution is 0.122. The van der Waals surface area contributed by atoms with E-state index in [0.717, 1.165) is 28.1 Å². The van der Waals surface area contributed by atoms with Crippen LogP contribution in [0.3, 0.4) is 0 Å². The summed E-state index contributed by atoms with van der Waals surface area (Å²) in [5.41, 5.74) is 1.65. The third-order valence-corrected chi connectivity index (χ3v) is 7.93. The molecule has 0 N–H and O–H groups in total. The Hall–Kier alpha value is -1.07. The molecule has 4 heterocycles. The number of fused-ring (bicyclic) bond motifs is 1. The SMILES string of the molecule is O=S(=O)(c1ccc(Br)s1)N1Cc2cnc(N3CCOCC3)nc2C1. The van der Waals surface area contributed by atoms with Crippen LogP contribution in [0.1, 0.15) is 11.3 Å². The van der Waals surface area contributed by atoms with Crippen LogP contribution in [-0.4, -0.2) is 49.0 Å². The second-order valence-corrected chi connectivity index (χ2v) is 10.2. The van der Waals surface area contributed by atoms with E-state index in [1.54, 1.807) is 18.3 Å². The van der Waals surface area contributed by atoms with Gasteiger partial charge in [0.2, 0.25) is 5.95 Å². The summed E-state index contributed by atoms with van der Waals surface area (Å²) in [6.07, 6.45) is 1.74. The van der Waals surface area contributed by atoms with Crippen molar-refractivity contribution in [3.8, 4) is 0 Å². The van der Waals surface area contributed by atoms with E-state index in [0.29, 0.717) is 29.9 Å². The molecule has 0 aromatic carbocycles. The van der Waals surface area contributed by atoms with E-state index >= 15 is 0 Å². The van der Waals surface area contributed by atoms with E-state index in [4.69, 9.17) is 4.74 Å². The Balaban J connectivity index is 1.57. The molecule has 1 fully saturated rings. The van der Waals surface area contributed by atoms with Crippen molar-refractivity contribution >= 4 is 43.2 Å². The molecule has 0 radical (unpaired) electrons. The maximum absolute atomic E-state index is 12.7. The predicted molar refractivity (Wildman–Crippen MR) is 93.5 cm³/mol. The van der Waals surface area contributed by atoms with Gasteiger partial charge in [-0.05, 0) is 28.1 Å². The molecule has 0 bridgehead atoms. The van der Waals surface area contributed by atoms with Gasteiger partial charge in [-0.25, -0.2) is 18.4 Å². The minimum Gasteiger partial charge on any atom is -0.378 e. The second-order valence-electron chi connectivity index (χ2n) is 5.57. The van der Waals surface area contributed by atoms with Crippen molar-refractivity contribution in [3.63, 3.8) is 0 Å². The fourth-order valence-corrected chi connectivity index (χ4v) is 6.31. The summed E-state index contributed by atoms with van der Waals surface area (Å²) in [5.74, 6) is 0.648. The van der Waals surface area contributed by atoms with Crippen LogP contribution in [0.4, 0.5) is 5.95 Å². The van der Waals surface area contributed by atoms with Crippen molar-refractivity contribution in [2.45, 2.75) is 17.3 Å². The van der Waals surface area contributed by atoms with E-state index < -0.39 is 10.0 Å². The summed E-state index contributed by atoms with van der Waals surface area (Å²) in [4.78, 5) is 11.1. The number of hydrogen-bond donors (Lipinski definition) is 0.